The Morgan fingerprint density at radius 3 is 2.24 bits per heavy atom. The number of nitrogens with zero attached hydrogens (tertiary/aromatic N) is 2. The van der Waals surface area contributed by atoms with Gasteiger partial charge < -0.3 is 10.0 Å². The summed E-state index contributed by atoms with van der Waals surface area (Å²) < 4.78 is 0. The first-order valence-corrected chi connectivity index (χ1v) is 14.1. The lowest BCUT2D eigenvalue weighted by molar-refractivity contribution is 0.0743. The summed E-state index contributed by atoms with van der Waals surface area (Å²) in [4.78, 5) is 46.3. The molecule has 5 rings (SSSR count). The Balaban J connectivity index is 1.43. The smallest absolute Gasteiger partial charge is 0.211 e. The maximum Gasteiger partial charge on any atom is 0.211 e. The van der Waals surface area contributed by atoms with Crippen LogP contribution < -0.4 is 4.90 Å². The molecule has 3 aromatic carbocycles. The zero-order valence-corrected chi connectivity index (χ0v) is 23.6. The molecular formula is C34H31ClN2O4. The Morgan fingerprint density at radius 1 is 0.902 bits per heavy atom. The molecule has 4 aromatic rings. The standard InChI is InChI=1S/C34H31ClN2O4/c1-37(26-14-12-25(35)13-15-26)27-16-18-30(36-21-27)32(39)24-11-17-28(31(38)19-22-7-5-6-8-22)29(20-24)34(41)33(40)23-9-3-2-4-10-23/h2-4,9-18,20-22,34,41H,5-8,19H2,1H3. The molecule has 41 heavy (non-hydrogen) atoms. The van der Waals surface area contributed by atoms with Crippen molar-refractivity contribution in [1.29, 1.82) is 0 Å². The monoisotopic (exact) mass is 566 g/mol. The van der Waals surface area contributed by atoms with Gasteiger partial charge in [-0.15, -0.1) is 0 Å². The molecule has 208 valence electrons. The van der Waals surface area contributed by atoms with Gasteiger partial charge in [-0.3, -0.25) is 19.4 Å². The van der Waals surface area contributed by atoms with Crippen LogP contribution in [0.2, 0.25) is 5.02 Å². The van der Waals surface area contributed by atoms with Crippen LogP contribution in [-0.4, -0.2) is 34.5 Å². The fraction of sp³-hybridized carbons (Fsp3) is 0.235. The molecule has 0 aliphatic heterocycles. The van der Waals surface area contributed by atoms with E-state index in [1.807, 2.05) is 24.1 Å². The van der Waals surface area contributed by atoms with E-state index in [4.69, 9.17) is 11.6 Å². The van der Waals surface area contributed by atoms with Crippen molar-refractivity contribution in [1.82, 2.24) is 4.98 Å². The van der Waals surface area contributed by atoms with Crippen molar-refractivity contribution >= 4 is 40.3 Å². The van der Waals surface area contributed by atoms with Crippen molar-refractivity contribution in [3.05, 3.63) is 124 Å². The average molecular weight is 567 g/mol. The normalized spacial score (nSPS) is 14.0. The van der Waals surface area contributed by atoms with Crippen LogP contribution in [0.15, 0.2) is 91.1 Å². The number of halogens is 1. The number of ketones is 3. The first-order chi connectivity index (χ1) is 19.8. The quantitative estimate of drug-likeness (QED) is 0.201. The molecule has 7 heteroatoms. The van der Waals surface area contributed by atoms with Gasteiger partial charge in [-0.2, -0.15) is 0 Å². The number of Topliss-reactive ketones (excluding diaryl/α,β-unsaturated/α-hetero) is 2. The van der Waals surface area contributed by atoms with Crippen molar-refractivity contribution in [3.63, 3.8) is 0 Å². The fourth-order valence-electron chi connectivity index (χ4n) is 5.35. The van der Waals surface area contributed by atoms with E-state index in [0.717, 1.165) is 37.1 Å². The lowest BCUT2D eigenvalue weighted by Crippen LogP contribution is -2.18. The van der Waals surface area contributed by atoms with Gasteiger partial charge >= 0.3 is 0 Å². The highest BCUT2D eigenvalue weighted by atomic mass is 35.5. The van der Waals surface area contributed by atoms with E-state index in [1.54, 1.807) is 72.9 Å². The molecule has 0 amide bonds. The van der Waals surface area contributed by atoms with Gasteiger partial charge in [0, 0.05) is 40.9 Å². The van der Waals surface area contributed by atoms with Crippen molar-refractivity contribution in [3.8, 4) is 0 Å². The molecule has 1 N–H and O–H groups in total. The van der Waals surface area contributed by atoms with Crippen LogP contribution in [0.1, 0.15) is 80.5 Å². The summed E-state index contributed by atoms with van der Waals surface area (Å²) in [6, 6.07) is 23.9. The van der Waals surface area contributed by atoms with E-state index >= 15 is 0 Å². The number of aliphatic hydroxyl groups excluding tert-OH is 1. The zero-order chi connectivity index (χ0) is 28.9. The molecule has 1 atom stereocenters. The third kappa shape index (κ3) is 6.45. The summed E-state index contributed by atoms with van der Waals surface area (Å²) in [5.74, 6) is -0.732. The Morgan fingerprint density at radius 2 is 1.59 bits per heavy atom. The first-order valence-electron chi connectivity index (χ1n) is 13.8. The minimum absolute atomic E-state index is 0.126. The number of pyridine rings is 1. The van der Waals surface area contributed by atoms with Crippen molar-refractivity contribution in [2.75, 3.05) is 11.9 Å². The number of carbonyl (C=O) groups is 3. The lowest BCUT2D eigenvalue weighted by Gasteiger charge is -2.19. The Kier molecular flexibility index (Phi) is 8.72. The van der Waals surface area contributed by atoms with E-state index in [-0.39, 0.29) is 34.0 Å². The number of hydrogen-bond acceptors (Lipinski definition) is 6. The van der Waals surface area contributed by atoms with E-state index in [2.05, 4.69) is 4.98 Å². The summed E-state index contributed by atoms with van der Waals surface area (Å²) >= 11 is 6.00. The van der Waals surface area contributed by atoms with Crippen molar-refractivity contribution in [2.24, 2.45) is 5.92 Å². The van der Waals surface area contributed by atoms with Crippen molar-refractivity contribution in [2.45, 2.75) is 38.2 Å². The third-order valence-corrected chi connectivity index (χ3v) is 8.00. The largest absolute Gasteiger partial charge is 0.380 e. The van der Waals surface area contributed by atoms with Crippen LogP contribution in [0.5, 0.6) is 0 Å². The average Bonchev–Trinajstić information content (AvgIpc) is 3.53. The Labute approximate surface area is 244 Å². The van der Waals surface area contributed by atoms with Gasteiger partial charge in [0.1, 0.15) is 11.8 Å². The topological polar surface area (TPSA) is 87.6 Å². The highest BCUT2D eigenvalue weighted by molar-refractivity contribution is 6.30. The van der Waals surface area contributed by atoms with Crippen LogP contribution in [0.4, 0.5) is 11.4 Å². The van der Waals surface area contributed by atoms with Crippen LogP contribution in [0.25, 0.3) is 0 Å². The third-order valence-electron chi connectivity index (χ3n) is 7.75. The molecule has 0 saturated heterocycles. The molecule has 1 fully saturated rings. The molecule has 1 unspecified atom stereocenters. The summed E-state index contributed by atoms with van der Waals surface area (Å²) in [6.07, 6.45) is 4.59. The van der Waals surface area contributed by atoms with Crippen LogP contribution >= 0.6 is 11.6 Å². The maximum atomic E-state index is 13.5. The number of anilines is 2. The predicted octanol–water partition coefficient (Wildman–Crippen LogP) is 7.41. The second-order valence-corrected chi connectivity index (χ2v) is 10.9. The van der Waals surface area contributed by atoms with Gasteiger partial charge in [0.05, 0.1) is 11.9 Å². The predicted molar refractivity (Wildman–Crippen MR) is 160 cm³/mol. The van der Waals surface area contributed by atoms with Crippen LogP contribution in [0.3, 0.4) is 0 Å². The summed E-state index contributed by atoms with van der Waals surface area (Å²) in [7, 11) is 1.89. The minimum atomic E-state index is -1.59. The number of rotatable bonds is 10. The molecule has 1 aliphatic rings. The van der Waals surface area contributed by atoms with E-state index in [1.165, 1.54) is 6.07 Å². The van der Waals surface area contributed by atoms with Gasteiger partial charge in [-0.25, -0.2) is 0 Å². The van der Waals surface area contributed by atoms with Gasteiger partial charge in [0.15, 0.2) is 11.6 Å². The summed E-state index contributed by atoms with van der Waals surface area (Å²) in [6.45, 7) is 0. The number of aromatic nitrogens is 1. The van der Waals surface area contributed by atoms with Gasteiger partial charge in [0.25, 0.3) is 0 Å². The fourth-order valence-corrected chi connectivity index (χ4v) is 5.48. The molecule has 1 saturated carbocycles. The number of hydrogen-bond donors (Lipinski definition) is 1. The second kappa shape index (κ2) is 12.6. The first kappa shape index (κ1) is 28.4. The van der Waals surface area contributed by atoms with Crippen LogP contribution in [-0.2, 0) is 0 Å². The second-order valence-electron chi connectivity index (χ2n) is 10.5. The molecule has 0 bridgehead atoms. The van der Waals surface area contributed by atoms with Crippen molar-refractivity contribution < 1.29 is 19.5 Å². The molecule has 1 aliphatic carbocycles. The van der Waals surface area contributed by atoms with Crippen LogP contribution in [0, 0.1) is 5.92 Å². The summed E-state index contributed by atoms with van der Waals surface area (Å²) in [5, 5.41) is 11.8. The molecule has 6 nitrogen and oxygen atoms in total. The minimum Gasteiger partial charge on any atom is -0.380 e. The molecule has 0 radical (unpaired) electrons. The summed E-state index contributed by atoms with van der Waals surface area (Å²) in [5.41, 5.74) is 2.88. The highest BCUT2D eigenvalue weighted by Crippen LogP contribution is 2.32. The molecule has 0 spiro atoms. The van der Waals surface area contributed by atoms with E-state index < -0.39 is 11.9 Å². The van der Waals surface area contributed by atoms with Gasteiger partial charge in [-0.05, 0) is 53.9 Å². The van der Waals surface area contributed by atoms with E-state index in [0.29, 0.717) is 22.9 Å². The molecule has 1 aromatic heterocycles. The zero-order valence-electron chi connectivity index (χ0n) is 22.8. The Hall–Kier alpha value is -4.13. The number of carbonyl (C=O) groups excluding carboxylic acids is 3. The lowest BCUT2D eigenvalue weighted by atomic mass is 9.88. The Bertz CT molecular complexity index is 1550. The van der Waals surface area contributed by atoms with E-state index in [9.17, 15) is 19.5 Å². The molecule has 1 heterocycles. The maximum absolute atomic E-state index is 13.5. The number of aliphatic hydroxyl groups is 1. The van der Waals surface area contributed by atoms with Gasteiger partial charge in [0.2, 0.25) is 5.78 Å². The number of benzene rings is 3. The SMILES string of the molecule is CN(c1ccc(Cl)cc1)c1ccc(C(=O)c2ccc(C(=O)CC3CCCC3)c(C(O)C(=O)c3ccccc3)c2)nc1. The van der Waals surface area contributed by atoms with Gasteiger partial charge in [-0.1, -0.05) is 79.7 Å². The highest BCUT2D eigenvalue weighted by Gasteiger charge is 2.28. The molecular weight excluding hydrogens is 536 g/mol.